The van der Waals surface area contributed by atoms with Gasteiger partial charge in [-0.05, 0) is 76.1 Å². The van der Waals surface area contributed by atoms with Crippen LogP contribution in [0.25, 0.3) is 0 Å². The van der Waals surface area contributed by atoms with Crippen LogP contribution in [0.2, 0.25) is 0 Å². The van der Waals surface area contributed by atoms with E-state index in [2.05, 4.69) is 10.6 Å². The molecule has 1 aliphatic carbocycles. The molecular weight excluding hydrogens is 344 g/mol. The third-order valence-corrected chi connectivity index (χ3v) is 3.48. The molecule has 2 saturated heterocycles. The summed E-state index contributed by atoms with van der Waals surface area (Å²) < 4.78 is 7.49. The molecule has 0 radical (unpaired) electrons. The van der Waals surface area contributed by atoms with Crippen LogP contribution < -0.4 is 10.6 Å². The van der Waals surface area contributed by atoms with Gasteiger partial charge in [-0.15, -0.1) is 0 Å². The van der Waals surface area contributed by atoms with Gasteiger partial charge in [0.2, 0.25) is 0 Å². The molecule has 8 heteroatoms. The van der Waals surface area contributed by atoms with Crippen molar-refractivity contribution in [3.8, 4) is 0 Å². The number of carboxylic acid groups (broad SMARTS) is 2. The zero-order valence-corrected chi connectivity index (χ0v) is 16.6. The molecule has 25 heavy (non-hydrogen) atoms. The first kappa shape index (κ1) is 26.4. The van der Waals surface area contributed by atoms with Gasteiger partial charge in [-0.3, -0.25) is 9.59 Å². The minimum absolute atomic E-state index is 0.269. The summed E-state index contributed by atoms with van der Waals surface area (Å²) in [6, 6.07) is -0.269. The lowest BCUT2D eigenvalue weighted by Gasteiger charge is -1.99. The van der Waals surface area contributed by atoms with Crippen molar-refractivity contribution in [3.63, 3.8) is 0 Å². The Morgan fingerprint density at radius 3 is 1.68 bits per heavy atom. The lowest BCUT2D eigenvalue weighted by molar-refractivity contribution is -0.139. The first-order chi connectivity index (χ1) is 12.0. The van der Waals surface area contributed by atoms with Crippen molar-refractivity contribution in [2.24, 2.45) is 5.92 Å². The van der Waals surface area contributed by atoms with E-state index in [0.717, 1.165) is 44.3 Å². The van der Waals surface area contributed by atoms with Crippen LogP contribution in [0.5, 0.6) is 0 Å². The van der Waals surface area contributed by atoms with Crippen LogP contribution in [0.4, 0.5) is 0 Å². The highest BCUT2D eigenvalue weighted by atomic mass is 32.2. The number of hydrogen-bond donors (Lipinski definition) is 5. The maximum atomic E-state index is 10.1. The van der Waals surface area contributed by atoms with E-state index in [9.17, 15) is 9.59 Å². The first-order valence-electron chi connectivity index (χ1n) is 9.07. The molecule has 2 heterocycles. The minimum Gasteiger partial charge on any atom is -0.481 e. The Bertz CT molecular complexity index is 311. The SMILES string of the molecule is C1CCNC1.CC.CSO.O=C(O)C1CCCN1.O=C(O)CC1CC1. The second-order valence-electron chi connectivity index (χ2n) is 5.67. The van der Waals surface area contributed by atoms with E-state index in [1.54, 1.807) is 6.26 Å². The molecule has 0 bridgehead atoms. The van der Waals surface area contributed by atoms with Gasteiger partial charge in [0, 0.05) is 12.7 Å². The standard InChI is InChI=1S/C5H9NO2.C5H8O2.C4H9N.C2H6.CH4OS/c7-5(8)4-2-1-3-6-4;6-5(7)3-4-1-2-4;1-2-4-5-3-1;1-2;1-3-2/h4,6H,1-3H2,(H,7,8);4H,1-3H2,(H,6,7);5H,1-4H2;1-2H3;2H,1H3. The Kier molecular flexibility index (Phi) is 20.6. The number of carboxylic acids is 2. The molecule has 150 valence electrons. The maximum absolute atomic E-state index is 10.1. The van der Waals surface area contributed by atoms with E-state index in [1.807, 2.05) is 13.8 Å². The number of carbonyl (C=O) groups is 2. The highest BCUT2D eigenvalue weighted by Gasteiger charge is 2.23. The van der Waals surface area contributed by atoms with Crippen molar-refractivity contribution in [2.75, 3.05) is 25.9 Å². The monoisotopic (exact) mass is 380 g/mol. The number of rotatable bonds is 3. The average molecular weight is 381 g/mol. The summed E-state index contributed by atoms with van der Waals surface area (Å²) in [7, 11) is 0. The zero-order chi connectivity index (χ0) is 19.5. The Morgan fingerprint density at radius 2 is 1.52 bits per heavy atom. The van der Waals surface area contributed by atoms with Crippen LogP contribution in [0.3, 0.4) is 0 Å². The summed E-state index contributed by atoms with van der Waals surface area (Å²) in [5, 5.41) is 22.6. The number of hydrogen-bond acceptors (Lipinski definition) is 6. The van der Waals surface area contributed by atoms with Gasteiger partial charge < -0.3 is 25.4 Å². The Balaban J connectivity index is 0. The van der Waals surface area contributed by atoms with E-state index in [4.69, 9.17) is 14.8 Å². The lowest BCUT2D eigenvalue weighted by atomic mass is 10.2. The predicted molar refractivity (Wildman–Crippen MR) is 103 cm³/mol. The average Bonchev–Trinajstić information content (AvgIpc) is 3.09. The van der Waals surface area contributed by atoms with E-state index in [1.165, 1.54) is 25.9 Å². The fraction of sp³-hybridized carbons (Fsp3) is 0.882. The normalized spacial score (nSPS) is 20.2. The zero-order valence-electron chi connectivity index (χ0n) is 15.8. The van der Waals surface area contributed by atoms with Gasteiger partial charge in [0.05, 0.1) is 0 Å². The summed E-state index contributed by atoms with van der Waals surface area (Å²) >= 11 is 0.750. The molecule has 1 saturated carbocycles. The minimum atomic E-state index is -0.720. The van der Waals surface area contributed by atoms with Crippen LogP contribution >= 0.6 is 12.0 Å². The second-order valence-corrected chi connectivity index (χ2v) is 6.03. The van der Waals surface area contributed by atoms with E-state index < -0.39 is 11.9 Å². The highest BCUT2D eigenvalue weighted by molar-refractivity contribution is 7.93. The second kappa shape index (κ2) is 19.5. The first-order valence-corrected chi connectivity index (χ1v) is 10.3. The summed E-state index contributed by atoms with van der Waals surface area (Å²) in [6.45, 7) is 7.36. The van der Waals surface area contributed by atoms with E-state index >= 15 is 0 Å². The molecule has 0 aromatic carbocycles. The molecule has 7 nitrogen and oxygen atoms in total. The predicted octanol–water partition coefficient (Wildman–Crippen LogP) is 2.91. The lowest BCUT2D eigenvalue weighted by Crippen LogP contribution is -2.29. The summed E-state index contributed by atoms with van der Waals surface area (Å²) in [5.41, 5.74) is 0. The fourth-order valence-electron chi connectivity index (χ4n) is 2.09. The summed E-state index contributed by atoms with van der Waals surface area (Å²) in [5.74, 6) is -0.845. The third kappa shape index (κ3) is 21.1. The molecule has 0 spiro atoms. The van der Waals surface area contributed by atoms with Gasteiger partial charge in [0.1, 0.15) is 6.04 Å². The van der Waals surface area contributed by atoms with Crippen LogP contribution in [0.1, 0.15) is 58.8 Å². The number of aliphatic carboxylic acids is 2. The molecule has 3 fully saturated rings. The molecule has 2 aliphatic heterocycles. The third-order valence-electron chi connectivity index (χ3n) is 3.48. The Morgan fingerprint density at radius 1 is 1.00 bits per heavy atom. The van der Waals surface area contributed by atoms with Gasteiger partial charge >= 0.3 is 11.9 Å². The number of nitrogens with one attached hydrogen (secondary N) is 2. The van der Waals surface area contributed by atoms with Crippen LogP contribution in [0.15, 0.2) is 0 Å². The van der Waals surface area contributed by atoms with Gasteiger partial charge in [0.25, 0.3) is 0 Å². The van der Waals surface area contributed by atoms with Gasteiger partial charge in [-0.25, -0.2) is 0 Å². The molecule has 0 aromatic rings. The molecule has 3 rings (SSSR count). The van der Waals surface area contributed by atoms with Crippen LogP contribution in [0, 0.1) is 5.92 Å². The van der Waals surface area contributed by atoms with Crippen molar-refractivity contribution < 1.29 is 24.4 Å². The van der Waals surface area contributed by atoms with Crippen molar-refractivity contribution in [1.29, 1.82) is 0 Å². The topological polar surface area (TPSA) is 119 Å². The molecule has 1 atom stereocenters. The van der Waals surface area contributed by atoms with E-state index in [-0.39, 0.29) is 6.04 Å². The fourth-order valence-corrected chi connectivity index (χ4v) is 2.09. The van der Waals surface area contributed by atoms with E-state index in [0.29, 0.717) is 12.3 Å². The van der Waals surface area contributed by atoms with Gasteiger partial charge in [0.15, 0.2) is 0 Å². The highest BCUT2D eigenvalue weighted by Crippen LogP contribution is 2.31. The summed E-state index contributed by atoms with van der Waals surface area (Å²) in [4.78, 5) is 20.0. The van der Waals surface area contributed by atoms with Crippen LogP contribution in [-0.2, 0) is 9.59 Å². The summed E-state index contributed by atoms with van der Waals surface area (Å²) in [6.07, 6.45) is 8.81. The smallest absolute Gasteiger partial charge is 0.320 e. The molecule has 3 aliphatic rings. The molecular formula is C17H36N2O5S. The Labute approximate surface area is 156 Å². The quantitative estimate of drug-likeness (QED) is 0.474. The van der Waals surface area contributed by atoms with Gasteiger partial charge in [-0.1, -0.05) is 13.8 Å². The van der Waals surface area contributed by atoms with Crippen molar-refractivity contribution in [2.45, 2.75) is 64.8 Å². The van der Waals surface area contributed by atoms with Gasteiger partial charge in [-0.2, -0.15) is 0 Å². The molecule has 0 aromatic heterocycles. The molecule has 0 amide bonds. The van der Waals surface area contributed by atoms with Crippen molar-refractivity contribution >= 4 is 24.0 Å². The maximum Gasteiger partial charge on any atom is 0.320 e. The Hall–Kier alpha value is -0.830. The van der Waals surface area contributed by atoms with Crippen molar-refractivity contribution in [1.82, 2.24) is 10.6 Å². The van der Waals surface area contributed by atoms with Crippen molar-refractivity contribution in [3.05, 3.63) is 0 Å². The molecule has 1 unspecified atom stereocenters. The van der Waals surface area contributed by atoms with Crippen LogP contribution in [-0.4, -0.2) is 58.6 Å². The molecule has 5 N–H and O–H groups in total. The largest absolute Gasteiger partial charge is 0.481 e.